The molecule has 2 aliphatic carbocycles. The SMILES string of the molecule is O=C(O)c1cc(C(=O)N(CC2CC2)C2CC2)no1. The Morgan fingerprint density at radius 1 is 1.39 bits per heavy atom. The van der Waals surface area contributed by atoms with E-state index in [-0.39, 0.29) is 17.4 Å². The highest BCUT2D eigenvalue weighted by Crippen LogP contribution is 2.35. The molecule has 1 heterocycles. The molecule has 0 spiro atoms. The summed E-state index contributed by atoms with van der Waals surface area (Å²) in [5.41, 5.74) is 0.0972. The zero-order valence-corrected chi connectivity index (χ0v) is 9.83. The number of carbonyl (C=O) groups is 2. The first kappa shape index (κ1) is 11.3. The molecular formula is C12H14N2O4. The van der Waals surface area contributed by atoms with Gasteiger partial charge in [0.1, 0.15) is 0 Å². The van der Waals surface area contributed by atoms with Crippen LogP contribution in [0.25, 0.3) is 0 Å². The normalized spacial score (nSPS) is 18.7. The van der Waals surface area contributed by atoms with Gasteiger partial charge in [-0.2, -0.15) is 0 Å². The summed E-state index contributed by atoms with van der Waals surface area (Å²) in [6.07, 6.45) is 4.41. The van der Waals surface area contributed by atoms with Gasteiger partial charge in [-0.25, -0.2) is 4.79 Å². The molecule has 6 heteroatoms. The summed E-state index contributed by atoms with van der Waals surface area (Å²) >= 11 is 0. The number of carboxylic acids is 1. The molecule has 1 N–H and O–H groups in total. The van der Waals surface area contributed by atoms with Crippen molar-refractivity contribution in [3.63, 3.8) is 0 Å². The number of nitrogens with zero attached hydrogens (tertiary/aromatic N) is 2. The van der Waals surface area contributed by atoms with Gasteiger partial charge in [0.05, 0.1) is 0 Å². The predicted octanol–water partition coefficient (Wildman–Crippen LogP) is 1.39. The van der Waals surface area contributed by atoms with Gasteiger partial charge in [-0.3, -0.25) is 4.79 Å². The molecule has 2 aliphatic rings. The number of amides is 1. The molecule has 0 unspecified atom stereocenters. The number of aromatic nitrogens is 1. The van der Waals surface area contributed by atoms with E-state index in [4.69, 9.17) is 5.11 Å². The van der Waals surface area contributed by atoms with Crippen LogP contribution < -0.4 is 0 Å². The Morgan fingerprint density at radius 2 is 2.11 bits per heavy atom. The van der Waals surface area contributed by atoms with Crippen LogP contribution in [-0.2, 0) is 0 Å². The van der Waals surface area contributed by atoms with E-state index >= 15 is 0 Å². The smallest absolute Gasteiger partial charge is 0.374 e. The minimum atomic E-state index is -1.21. The summed E-state index contributed by atoms with van der Waals surface area (Å²) in [6, 6.07) is 1.51. The van der Waals surface area contributed by atoms with Crippen LogP contribution in [0.15, 0.2) is 10.6 Å². The summed E-state index contributed by atoms with van der Waals surface area (Å²) < 4.78 is 4.62. The van der Waals surface area contributed by atoms with E-state index in [1.54, 1.807) is 0 Å². The molecule has 0 bridgehead atoms. The van der Waals surface area contributed by atoms with Crippen molar-refractivity contribution >= 4 is 11.9 Å². The lowest BCUT2D eigenvalue weighted by atomic mass is 10.3. The van der Waals surface area contributed by atoms with Crippen molar-refractivity contribution < 1.29 is 19.2 Å². The van der Waals surface area contributed by atoms with E-state index in [0.717, 1.165) is 19.4 Å². The molecule has 96 valence electrons. The summed E-state index contributed by atoms with van der Waals surface area (Å²) in [5, 5.41) is 12.3. The van der Waals surface area contributed by atoms with Crippen molar-refractivity contribution in [2.24, 2.45) is 5.92 Å². The summed E-state index contributed by atoms with van der Waals surface area (Å²) in [4.78, 5) is 24.7. The monoisotopic (exact) mass is 250 g/mol. The highest BCUT2D eigenvalue weighted by molar-refractivity contribution is 5.95. The maximum absolute atomic E-state index is 12.2. The second-order valence-corrected chi connectivity index (χ2v) is 5.01. The van der Waals surface area contributed by atoms with Gasteiger partial charge in [0.2, 0.25) is 5.76 Å². The van der Waals surface area contributed by atoms with Crippen molar-refractivity contribution in [1.29, 1.82) is 0 Å². The zero-order valence-electron chi connectivity index (χ0n) is 9.83. The first-order chi connectivity index (χ1) is 8.65. The third-order valence-corrected chi connectivity index (χ3v) is 3.34. The van der Waals surface area contributed by atoms with Crippen molar-refractivity contribution in [3.05, 3.63) is 17.5 Å². The molecule has 2 fully saturated rings. The van der Waals surface area contributed by atoms with Gasteiger partial charge in [-0.05, 0) is 31.6 Å². The number of carbonyl (C=O) groups excluding carboxylic acids is 1. The van der Waals surface area contributed by atoms with E-state index in [0.29, 0.717) is 12.0 Å². The van der Waals surface area contributed by atoms with Gasteiger partial charge in [0, 0.05) is 18.7 Å². The van der Waals surface area contributed by atoms with Crippen LogP contribution in [-0.4, -0.2) is 39.6 Å². The molecule has 18 heavy (non-hydrogen) atoms. The van der Waals surface area contributed by atoms with E-state index in [2.05, 4.69) is 9.68 Å². The van der Waals surface area contributed by atoms with E-state index in [9.17, 15) is 9.59 Å². The number of hydrogen-bond acceptors (Lipinski definition) is 4. The average molecular weight is 250 g/mol. The number of aromatic carboxylic acids is 1. The van der Waals surface area contributed by atoms with Gasteiger partial charge in [0.15, 0.2) is 5.69 Å². The third kappa shape index (κ3) is 2.23. The second-order valence-electron chi connectivity index (χ2n) is 5.01. The lowest BCUT2D eigenvalue weighted by molar-refractivity contribution is 0.0647. The van der Waals surface area contributed by atoms with Crippen molar-refractivity contribution in [1.82, 2.24) is 10.1 Å². The lowest BCUT2D eigenvalue weighted by Crippen LogP contribution is -2.35. The van der Waals surface area contributed by atoms with Crippen LogP contribution in [0.3, 0.4) is 0 Å². The van der Waals surface area contributed by atoms with Crippen LogP contribution in [0.2, 0.25) is 0 Å². The average Bonchev–Trinajstić information content (AvgIpc) is 3.24. The van der Waals surface area contributed by atoms with E-state index < -0.39 is 5.97 Å². The Labute approximate surface area is 104 Å². The predicted molar refractivity (Wildman–Crippen MR) is 60.2 cm³/mol. The Morgan fingerprint density at radius 3 is 2.61 bits per heavy atom. The molecular weight excluding hydrogens is 236 g/mol. The van der Waals surface area contributed by atoms with Gasteiger partial charge in [-0.1, -0.05) is 5.16 Å². The zero-order chi connectivity index (χ0) is 12.7. The van der Waals surface area contributed by atoms with Crippen LogP contribution >= 0.6 is 0 Å². The molecule has 0 atom stereocenters. The minimum Gasteiger partial charge on any atom is -0.475 e. The molecule has 1 aromatic rings. The van der Waals surface area contributed by atoms with Crippen LogP contribution in [0.1, 0.15) is 46.7 Å². The van der Waals surface area contributed by atoms with Crippen LogP contribution in [0.4, 0.5) is 0 Å². The quantitative estimate of drug-likeness (QED) is 0.853. The Hall–Kier alpha value is -1.85. The lowest BCUT2D eigenvalue weighted by Gasteiger charge is -2.20. The Balaban J connectivity index is 1.75. The largest absolute Gasteiger partial charge is 0.475 e. The Bertz CT molecular complexity index is 488. The van der Waals surface area contributed by atoms with Crippen LogP contribution in [0.5, 0.6) is 0 Å². The molecule has 0 aliphatic heterocycles. The fraction of sp³-hybridized carbons (Fsp3) is 0.583. The number of carboxylic acid groups (broad SMARTS) is 1. The fourth-order valence-electron chi connectivity index (χ4n) is 1.99. The topological polar surface area (TPSA) is 83.6 Å². The number of rotatable bonds is 5. The van der Waals surface area contributed by atoms with Crippen LogP contribution in [0, 0.1) is 5.92 Å². The highest BCUT2D eigenvalue weighted by atomic mass is 16.5. The first-order valence-corrected chi connectivity index (χ1v) is 6.16. The summed E-state index contributed by atoms with van der Waals surface area (Å²) in [7, 11) is 0. The van der Waals surface area contributed by atoms with Crippen molar-refractivity contribution in [3.8, 4) is 0 Å². The molecule has 0 aromatic carbocycles. The van der Waals surface area contributed by atoms with Gasteiger partial charge in [0.25, 0.3) is 5.91 Å². The third-order valence-electron chi connectivity index (χ3n) is 3.34. The first-order valence-electron chi connectivity index (χ1n) is 6.16. The molecule has 1 amide bonds. The standard InChI is InChI=1S/C12H14N2O4/c15-11(9-5-10(12(16)17)18-13-9)14(8-3-4-8)6-7-1-2-7/h5,7-8H,1-4,6H2,(H,16,17). The molecule has 6 nitrogen and oxygen atoms in total. The Kier molecular flexibility index (Phi) is 2.57. The second kappa shape index (κ2) is 4.12. The van der Waals surface area contributed by atoms with Gasteiger partial charge < -0.3 is 14.5 Å². The summed E-state index contributed by atoms with van der Waals surface area (Å²) in [5.74, 6) is -1.09. The van der Waals surface area contributed by atoms with E-state index in [1.807, 2.05) is 4.90 Å². The molecule has 3 rings (SSSR count). The maximum Gasteiger partial charge on any atom is 0.374 e. The molecule has 1 aromatic heterocycles. The highest BCUT2D eigenvalue weighted by Gasteiger charge is 2.37. The van der Waals surface area contributed by atoms with Crippen molar-refractivity contribution in [2.75, 3.05) is 6.54 Å². The number of hydrogen-bond donors (Lipinski definition) is 1. The maximum atomic E-state index is 12.2. The van der Waals surface area contributed by atoms with Crippen molar-refractivity contribution in [2.45, 2.75) is 31.7 Å². The minimum absolute atomic E-state index is 0.0972. The molecule has 2 saturated carbocycles. The van der Waals surface area contributed by atoms with Gasteiger partial charge >= 0.3 is 5.97 Å². The van der Waals surface area contributed by atoms with E-state index in [1.165, 1.54) is 18.9 Å². The molecule has 0 radical (unpaired) electrons. The summed E-state index contributed by atoms with van der Waals surface area (Å²) in [6.45, 7) is 0.763. The fourth-order valence-corrected chi connectivity index (χ4v) is 1.99. The van der Waals surface area contributed by atoms with Gasteiger partial charge in [-0.15, -0.1) is 0 Å². The molecule has 0 saturated heterocycles.